The molecule has 1 aliphatic carbocycles. The number of hydrogen-bond donors (Lipinski definition) is 1. The molecule has 0 saturated carbocycles. The molecule has 0 unspecified atom stereocenters. The van der Waals surface area contributed by atoms with Crippen molar-refractivity contribution in [1.82, 2.24) is 5.32 Å². The Morgan fingerprint density at radius 1 is 1.15 bits per heavy atom. The third-order valence-electron chi connectivity index (χ3n) is 5.16. The highest BCUT2D eigenvalue weighted by molar-refractivity contribution is 5.60. The van der Waals surface area contributed by atoms with Gasteiger partial charge in [-0.25, -0.2) is 0 Å². The first-order chi connectivity index (χ1) is 13.2. The topological polar surface area (TPSA) is 30.5 Å². The van der Waals surface area contributed by atoms with E-state index in [1.165, 1.54) is 22.3 Å². The van der Waals surface area contributed by atoms with E-state index >= 15 is 0 Å². The van der Waals surface area contributed by atoms with Gasteiger partial charge < -0.3 is 14.8 Å². The Balaban J connectivity index is 1.45. The van der Waals surface area contributed by atoms with Crippen LogP contribution in [-0.2, 0) is 24.2 Å². The minimum atomic E-state index is 0.112. The summed E-state index contributed by atoms with van der Waals surface area (Å²) in [5, 5.41) is 3.42. The minimum Gasteiger partial charge on any atom is -0.497 e. The molecule has 2 aromatic rings. The molecule has 27 heavy (non-hydrogen) atoms. The van der Waals surface area contributed by atoms with E-state index in [4.69, 9.17) is 9.47 Å². The van der Waals surface area contributed by atoms with Gasteiger partial charge in [-0.3, -0.25) is 0 Å². The van der Waals surface area contributed by atoms with Crippen LogP contribution >= 0.6 is 0 Å². The lowest BCUT2D eigenvalue weighted by atomic mass is 9.93. The van der Waals surface area contributed by atoms with Crippen LogP contribution in [0, 0.1) is 0 Å². The maximum atomic E-state index is 6.23. The van der Waals surface area contributed by atoms with E-state index in [1.54, 1.807) is 7.11 Å². The summed E-state index contributed by atoms with van der Waals surface area (Å²) in [6.07, 6.45) is 9.57. The van der Waals surface area contributed by atoms with Crippen LogP contribution in [0.1, 0.15) is 28.7 Å². The second-order valence-corrected chi connectivity index (χ2v) is 7.04. The zero-order chi connectivity index (χ0) is 18.6. The first kappa shape index (κ1) is 17.5. The maximum Gasteiger partial charge on any atom is 0.121 e. The highest BCUT2D eigenvalue weighted by Gasteiger charge is 2.23. The predicted molar refractivity (Wildman–Crippen MR) is 109 cm³/mol. The second kappa shape index (κ2) is 7.75. The summed E-state index contributed by atoms with van der Waals surface area (Å²) in [5.74, 6) is 1.82. The van der Waals surface area contributed by atoms with Crippen molar-refractivity contribution in [3.63, 3.8) is 0 Å². The van der Waals surface area contributed by atoms with Gasteiger partial charge in [0.2, 0.25) is 0 Å². The van der Waals surface area contributed by atoms with Crippen molar-refractivity contribution in [3.8, 4) is 5.75 Å². The molecule has 0 amide bonds. The summed E-state index contributed by atoms with van der Waals surface area (Å²) in [7, 11) is 1.68. The monoisotopic (exact) mass is 359 g/mol. The van der Waals surface area contributed by atoms with Crippen molar-refractivity contribution < 1.29 is 9.47 Å². The van der Waals surface area contributed by atoms with Gasteiger partial charge in [0.1, 0.15) is 18.1 Å². The van der Waals surface area contributed by atoms with Crippen molar-refractivity contribution in [2.24, 2.45) is 0 Å². The molecule has 3 nitrogen and oxygen atoms in total. The molecule has 0 radical (unpaired) electrons. The number of ether oxygens (including phenoxy) is 2. The third-order valence-corrected chi connectivity index (χ3v) is 5.16. The summed E-state index contributed by atoms with van der Waals surface area (Å²) in [6, 6.07) is 14.8. The summed E-state index contributed by atoms with van der Waals surface area (Å²) in [6.45, 7) is 4.63. The molecular formula is C24H25NO2. The fourth-order valence-corrected chi connectivity index (χ4v) is 3.73. The van der Waals surface area contributed by atoms with Crippen molar-refractivity contribution >= 4 is 6.08 Å². The molecule has 138 valence electrons. The Morgan fingerprint density at radius 2 is 2.00 bits per heavy atom. The molecule has 0 bridgehead atoms. The van der Waals surface area contributed by atoms with Gasteiger partial charge in [-0.15, -0.1) is 0 Å². The van der Waals surface area contributed by atoms with Crippen molar-refractivity contribution in [2.75, 3.05) is 7.11 Å². The van der Waals surface area contributed by atoms with Crippen LogP contribution in [-0.4, -0.2) is 13.2 Å². The van der Waals surface area contributed by atoms with Crippen molar-refractivity contribution in [3.05, 3.63) is 94.9 Å². The molecular weight excluding hydrogens is 334 g/mol. The number of benzene rings is 2. The number of methoxy groups -OCH3 is 1. The molecule has 2 aromatic carbocycles. The molecule has 1 N–H and O–H groups in total. The highest BCUT2D eigenvalue weighted by atomic mass is 16.5. The number of nitrogens with one attached hydrogen (secondary N) is 1. The summed E-state index contributed by atoms with van der Waals surface area (Å²) < 4.78 is 11.5. The number of aryl methyl sites for hydroxylation is 1. The zero-order valence-corrected chi connectivity index (χ0v) is 15.7. The molecule has 2 aliphatic rings. The van der Waals surface area contributed by atoms with Gasteiger partial charge in [0, 0.05) is 11.8 Å². The molecule has 1 heterocycles. The molecule has 0 aromatic heterocycles. The smallest absolute Gasteiger partial charge is 0.121 e. The van der Waals surface area contributed by atoms with E-state index in [9.17, 15) is 0 Å². The van der Waals surface area contributed by atoms with Crippen LogP contribution in [0.2, 0.25) is 0 Å². The van der Waals surface area contributed by atoms with Gasteiger partial charge in [-0.05, 0) is 53.6 Å². The summed E-state index contributed by atoms with van der Waals surface area (Å²) >= 11 is 0. The average molecular weight is 359 g/mol. The van der Waals surface area contributed by atoms with Crippen LogP contribution in [0.25, 0.3) is 6.08 Å². The standard InChI is InChI=1S/C24H25NO2/c1-17-14-24(23(25-17)15-18-10-12-21(26-2)13-11-18)27-16-20-8-5-7-19-6-3-4-9-22(19)20/h4-5,7-14,23,25H,1,3,6,15-16H2,2H3/t23-/m0/s1. The maximum absolute atomic E-state index is 6.23. The van der Waals surface area contributed by atoms with Gasteiger partial charge in [0.05, 0.1) is 13.2 Å². The Kier molecular flexibility index (Phi) is 5.01. The molecule has 0 saturated heterocycles. The average Bonchev–Trinajstić information content (AvgIpc) is 3.06. The van der Waals surface area contributed by atoms with E-state index in [0.29, 0.717) is 6.61 Å². The Labute approximate surface area is 161 Å². The van der Waals surface area contributed by atoms with Crippen LogP contribution in [0.3, 0.4) is 0 Å². The SMILES string of the molecule is C=C1C=C(OCc2cccc3c2C=CCC3)[C@H](Cc2ccc(OC)cc2)N1. The lowest BCUT2D eigenvalue weighted by molar-refractivity contribution is 0.180. The molecule has 4 rings (SSSR count). The number of hydrogen-bond acceptors (Lipinski definition) is 3. The lowest BCUT2D eigenvalue weighted by Crippen LogP contribution is -2.27. The molecule has 1 aliphatic heterocycles. The minimum absolute atomic E-state index is 0.112. The van der Waals surface area contributed by atoms with Gasteiger partial charge >= 0.3 is 0 Å². The molecule has 0 fully saturated rings. The predicted octanol–water partition coefficient (Wildman–Crippen LogP) is 4.78. The molecule has 0 spiro atoms. The fraction of sp³-hybridized carbons (Fsp3) is 0.250. The van der Waals surface area contributed by atoms with Gasteiger partial charge in [-0.1, -0.05) is 49.1 Å². The number of allylic oxidation sites excluding steroid dienone is 2. The van der Waals surface area contributed by atoms with Gasteiger partial charge in [0.15, 0.2) is 0 Å². The first-order valence-corrected chi connectivity index (χ1v) is 9.43. The normalized spacial score (nSPS) is 17.9. The van der Waals surface area contributed by atoms with Crippen molar-refractivity contribution in [1.29, 1.82) is 0 Å². The highest BCUT2D eigenvalue weighted by Crippen LogP contribution is 2.26. The number of rotatable bonds is 6. The lowest BCUT2D eigenvalue weighted by Gasteiger charge is -2.19. The summed E-state index contributed by atoms with van der Waals surface area (Å²) in [5.41, 5.74) is 6.11. The van der Waals surface area contributed by atoms with E-state index in [0.717, 1.165) is 36.5 Å². The second-order valence-electron chi connectivity index (χ2n) is 7.04. The van der Waals surface area contributed by atoms with Crippen molar-refractivity contribution in [2.45, 2.75) is 31.9 Å². The van der Waals surface area contributed by atoms with Gasteiger partial charge in [-0.2, -0.15) is 0 Å². The van der Waals surface area contributed by atoms with E-state index < -0.39 is 0 Å². The number of fused-ring (bicyclic) bond motifs is 1. The first-order valence-electron chi connectivity index (χ1n) is 9.43. The molecule has 3 heteroatoms. The van der Waals surface area contributed by atoms with Crippen LogP contribution < -0.4 is 10.1 Å². The zero-order valence-electron chi connectivity index (χ0n) is 15.7. The Hall–Kier alpha value is -2.94. The van der Waals surface area contributed by atoms with Crippen LogP contribution in [0.5, 0.6) is 5.75 Å². The largest absolute Gasteiger partial charge is 0.497 e. The molecule has 1 atom stereocenters. The van der Waals surface area contributed by atoms with Gasteiger partial charge in [0.25, 0.3) is 0 Å². The Bertz CT molecular complexity index is 893. The third kappa shape index (κ3) is 3.92. The Morgan fingerprint density at radius 3 is 2.81 bits per heavy atom. The van der Waals surface area contributed by atoms with E-state index in [-0.39, 0.29) is 6.04 Å². The van der Waals surface area contributed by atoms with Crippen LogP contribution in [0.4, 0.5) is 0 Å². The van der Waals surface area contributed by atoms with Crippen LogP contribution in [0.15, 0.2) is 72.7 Å². The van der Waals surface area contributed by atoms with E-state index in [2.05, 4.69) is 54.4 Å². The summed E-state index contributed by atoms with van der Waals surface area (Å²) in [4.78, 5) is 0. The van der Waals surface area contributed by atoms with E-state index in [1.807, 2.05) is 18.2 Å². The fourth-order valence-electron chi connectivity index (χ4n) is 3.73. The quantitative estimate of drug-likeness (QED) is 0.805.